The van der Waals surface area contributed by atoms with Gasteiger partial charge in [0.15, 0.2) is 0 Å². The van der Waals surface area contributed by atoms with Crippen molar-refractivity contribution in [2.75, 3.05) is 18.5 Å². The summed E-state index contributed by atoms with van der Waals surface area (Å²) in [5.74, 6) is -1.61. The lowest BCUT2D eigenvalue weighted by Crippen LogP contribution is -2.26. The number of halogens is 3. The lowest BCUT2D eigenvalue weighted by molar-refractivity contribution is 0.102. The predicted octanol–water partition coefficient (Wildman–Crippen LogP) is 2.66. The van der Waals surface area contributed by atoms with Gasteiger partial charge in [-0.05, 0) is 36.4 Å². The number of carbonyl (C=O) groups is 1. The molecule has 0 aromatic heterocycles. The molecule has 0 heterocycles. The number of nitrogens with one attached hydrogen (secondary N) is 2. The summed E-state index contributed by atoms with van der Waals surface area (Å²) in [6, 6.07) is 7.22. The number of carbonyl (C=O) groups excluding carboxylic acids is 1. The van der Waals surface area contributed by atoms with Gasteiger partial charge in [-0.1, -0.05) is 23.2 Å². The number of amides is 1. The molecule has 3 N–H and O–H groups in total. The van der Waals surface area contributed by atoms with Gasteiger partial charge in [0, 0.05) is 11.6 Å². The molecule has 0 bridgehead atoms. The molecule has 0 aliphatic carbocycles. The van der Waals surface area contributed by atoms with E-state index in [2.05, 4.69) is 10.0 Å². The zero-order valence-electron chi connectivity index (χ0n) is 12.6. The van der Waals surface area contributed by atoms with Crippen molar-refractivity contribution in [2.24, 2.45) is 0 Å². The molecule has 0 aliphatic rings. The number of benzene rings is 2. The van der Waals surface area contributed by atoms with E-state index in [1.165, 1.54) is 18.2 Å². The smallest absolute Gasteiger partial charge is 0.257 e. The standard InChI is InChI=1S/C15H13Cl2FN2O4S/c16-9-1-3-11(12(17)7-9)15(22)20-14-4-2-10(8-13(14)18)25(23,24)19-5-6-21/h1-4,7-8,19,21H,5-6H2,(H,20,22). The Morgan fingerprint density at radius 1 is 1.16 bits per heavy atom. The third-order valence-electron chi connectivity index (χ3n) is 3.08. The van der Waals surface area contributed by atoms with Gasteiger partial charge >= 0.3 is 0 Å². The van der Waals surface area contributed by atoms with Crippen molar-refractivity contribution in [2.45, 2.75) is 4.90 Å². The molecular weight excluding hydrogens is 394 g/mol. The summed E-state index contributed by atoms with van der Waals surface area (Å²) < 4.78 is 40.0. The Kier molecular flexibility index (Phi) is 6.36. The molecule has 2 rings (SSSR count). The number of hydrogen-bond acceptors (Lipinski definition) is 4. The number of sulfonamides is 1. The van der Waals surface area contributed by atoms with E-state index < -0.39 is 28.4 Å². The molecule has 1 amide bonds. The molecule has 25 heavy (non-hydrogen) atoms. The fourth-order valence-corrected chi connectivity index (χ4v) is 3.42. The van der Waals surface area contributed by atoms with Gasteiger partial charge in [0.2, 0.25) is 10.0 Å². The molecule has 0 fully saturated rings. The van der Waals surface area contributed by atoms with Crippen molar-refractivity contribution < 1.29 is 22.7 Å². The minimum Gasteiger partial charge on any atom is -0.395 e. The van der Waals surface area contributed by atoms with Crippen molar-refractivity contribution in [3.8, 4) is 0 Å². The quantitative estimate of drug-likeness (QED) is 0.686. The van der Waals surface area contributed by atoms with Crippen molar-refractivity contribution in [1.29, 1.82) is 0 Å². The predicted molar refractivity (Wildman–Crippen MR) is 93.1 cm³/mol. The number of aliphatic hydroxyl groups is 1. The molecule has 6 nitrogen and oxygen atoms in total. The second-order valence-electron chi connectivity index (χ2n) is 4.84. The maximum atomic E-state index is 14.1. The van der Waals surface area contributed by atoms with Gasteiger partial charge in [-0.15, -0.1) is 0 Å². The largest absolute Gasteiger partial charge is 0.395 e. The van der Waals surface area contributed by atoms with Crippen LogP contribution in [-0.4, -0.2) is 32.6 Å². The Balaban J connectivity index is 2.22. The maximum absolute atomic E-state index is 14.1. The van der Waals surface area contributed by atoms with E-state index in [4.69, 9.17) is 28.3 Å². The minimum atomic E-state index is -3.95. The second-order valence-corrected chi connectivity index (χ2v) is 7.45. The van der Waals surface area contributed by atoms with Crippen LogP contribution in [0.4, 0.5) is 10.1 Å². The summed E-state index contributed by atoms with van der Waals surface area (Å²) in [5, 5.41) is 11.4. The number of hydrogen-bond donors (Lipinski definition) is 3. The van der Waals surface area contributed by atoms with Crippen LogP contribution in [0.1, 0.15) is 10.4 Å². The van der Waals surface area contributed by atoms with E-state index in [1.54, 1.807) is 0 Å². The van der Waals surface area contributed by atoms with E-state index in [0.717, 1.165) is 18.2 Å². The average molecular weight is 407 g/mol. The molecule has 0 aliphatic heterocycles. The van der Waals surface area contributed by atoms with Crippen LogP contribution in [-0.2, 0) is 10.0 Å². The Hall–Kier alpha value is -1.71. The summed E-state index contributed by atoms with van der Waals surface area (Å²) in [4.78, 5) is 11.8. The normalized spacial score (nSPS) is 11.4. The highest BCUT2D eigenvalue weighted by molar-refractivity contribution is 7.89. The molecule has 0 saturated heterocycles. The first-order chi connectivity index (χ1) is 11.7. The van der Waals surface area contributed by atoms with Crippen LogP contribution in [0, 0.1) is 5.82 Å². The molecular formula is C15H13Cl2FN2O4S. The van der Waals surface area contributed by atoms with Crippen LogP contribution in [0.15, 0.2) is 41.3 Å². The van der Waals surface area contributed by atoms with Crippen LogP contribution >= 0.6 is 23.2 Å². The van der Waals surface area contributed by atoms with Gasteiger partial charge in [0.05, 0.1) is 27.8 Å². The minimum absolute atomic E-state index is 0.0896. The zero-order valence-corrected chi connectivity index (χ0v) is 14.9. The number of rotatable bonds is 6. The van der Waals surface area contributed by atoms with Crippen LogP contribution in [0.2, 0.25) is 10.0 Å². The maximum Gasteiger partial charge on any atom is 0.257 e. The first kappa shape index (κ1) is 19.6. The highest BCUT2D eigenvalue weighted by atomic mass is 35.5. The average Bonchev–Trinajstić information content (AvgIpc) is 2.54. The van der Waals surface area contributed by atoms with E-state index in [-0.39, 0.29) is 27.7 Å². The van der Waals surface area contributed by atoms with Crippen LogP contribution in [0.5, 0.6) is 0 Å². The van der Waals surface area contributed by atoms with Crippen molar-refractivity contribution in [3.05, 3.63) is 57.8 Å². The van der Waals surface area contributed by atoms with Crippen LogP contribution < -0.4 is 10.0 Å². The molecule has 134 valence electrons. The van der Waals surface area contributed by atoms with Gasteiger partial charge in [-0.25, -0.2) is 17.5 Å². The van der Waals surface area contributed by atoms with Crippen LogP contribution in [0.3, 0.4) is 0 Å². The molecule has 0 unspecified atom stereocenters. The molecule has 10 heteroatoms. The van der Waals surface area contributed by atoms with E-state index in [0.29, 0.717) is 5.02 Å². The van der Waals surface area contributed by atoms with E-state index >= 15 is 0 Å². The summed E-state index contributed by atoms with van der Waals surface area (Å²) in [6.45, 7) is -0.588. The lowest BCUT2D eigenvalue weighted by atomic mass is 10.2. The topological polar surface area (TPSA) is 95.5 Å². The third-order valence-corrected chi connectivity index (χ3v) is 5.09. The SMILES string of the molecule is O=C(Nc1ccc(S(=O)(=O)NCCO)cc1F)c1ccc(Cl)cc1Cl. The summed E-state index contributed by atoms with van der Waals surface area (Å²) in [7, 11) is -3.95. The van der Waals surface area contributed by atoms with Gasteiger partial charge in [0.25, 0.3) is 5.91 Å². The summed E-state index contributed by atoms with van der Waals surface area (Å²) >= 11 is 11.7. The Labute approximate surface area is 153 Å². The monoisotopic (exact) mass is 406 g/mol. The lowest BCUT2D eigenvalue weighted by Gasteiger charge is -2.10. The zero-order chi connectivity index (χ0) is 18.6. The highest BCUT2D eigenvalue weighted by Crippen LogP contribution is 2.24. The molecule has 0 spiro atoms. The molecule has 0 saturated carbocycles. The van der Waals surface area contributed by atoms with Gasteiger partial charge < -0.3 is 10.4 Å². The van der Waals surface area contributed by atoms with Crippen LogP contribution in [0.25, 0.3) is 0 Å². The first-order valence-electron chi connectivity index (χ1n) is 6.91. The summed E-state index contributed by atoms with van der Waals surface area (Å²) in [5.41, 5.74) is -0.121. The second kappa shape index (κ2) is 8.11. The van der Waals surface area contributed by atoms with Crippen molar-refractivity contribution in [1.82, 2.24) is 4.72 Å². The molecule has 0 radical (unpaired) electrons. The number of aliphatic hydroxyl groups excluding tert-OH is 1. The van der Waals surface area contributed by atoms with Gasteiger partial charge in [0.1, 0.15) is 5.82 Å². The third kappa shape index (κ3) is 4.90. The first-order valence-corrected chi connectivity index (χ1v) is 9.15. The van der Waals surface area contributed by atoms with Gasteiger partial charge in [-0.2, -0.15) is 0 Å². The molecule has 2 aromatic carbocycles. The Morgan fingerprint density at radius 2 is 1.88 bits per heavy atom. The van der Waals surface area contributed by atoms with Crippen molar-refractivity contribution >= 4 is 44.8 Å². The summed E-state index contributed by atoms with van der Waals surface area (Å²) in [6.07, 6.45) is 0. The fraction of sp³-hybridized carbons (Fsp3) is 0.133. The van der Waals surface area contributed by atoms with E-state index in [9.17, 15) is 17.6 Å². The Bertz CT molecular complexity index is 906. The Morgan fingerprint density at radius 3 is 2.48 bits per heavy atom. The highest BCUT2D eigenvalue weighted by Gasteiger charge is 2.18. The molecule has 0 atom stereocenters. The van der Waals surface area contributed by atoms with Crippen molar-refractivity contribution in [3.63, 3.8) is 0 Å². The van der Waals surface area contributed by atoms with Gasteiger partial charge in [-0.3, -0.25) is 4.79 Å². The fourth-order valence-electron chi connectivity index (χ4n) is 1.89. The molecule has 2 aromatic rings. The van der Waals surface area contributed by atoms with E-state index in [1.807, 2.05) is 0 Å². The number of anilines is 1.